The highest BCUT2D eigenvalue weighted by molar-refractivity contribution is 7.89. The second-order valence-corrected chi connectivity index (χ2v) is 9.43. The van der Waals surface area contributed by atoms with E-state index in [4.69, 9.17) is 0 Å². The Kier molecular flexibility index (Phi) is 4.67. The molecule has 2 aromatic carbocycles. The van der Waals surface area contributed by atoms with Crippen LogP contribution in [0.3, 0.4) is 0 Å². The van der Waals surface area contributed by atoms with Crippen LogP contribution in [0.15, 0.2) is 53.4 Å². The Balaban J connectivity index is 1.89. The number of fused-ring (bicyclic) bond motifs is 1. The van der Waals surface area contributed by atoms with Gasteiger partial charge in [0.1, 0.15) is 0 Å². The highest BCUT2D eigenvalue weighted by Gasteiger charge is 2.31. The van der Waals surface area contributed by atoms with Gasteiger partial charge in [0.25, 0.3) is 0 Å². The summed E-state index contributed by atoms with van der Waals surface area (Å²) >= 11 is 0. The average molecular weight is 401 g/mol. The number of hydrogen-bond donors (Lipinski definition) is 3. The fraction of sp³-hybridized carbons (Fsp3) is 0.300. The first kappa shape index (κ1) is 18.9. The SMILES string of the molecule is CN(C)S(=O)(=O)c1ccc(N2C[C@@H](O)[C@H](O)C2)c(-c2cc3ccccc3[nH]2)c1. The van der Waals surface area contributed by atoms with Gasteiger partial charge in [-0.2, -0.15) is 0 Å². The van der Waals surface area contributed by atoms with Crippen molar-refractivity contribution in [2.45, 2.75) is 17.1 Å². The van der Waals surface area contributed by atoms with Crippen molar-refractivity contribution in [2.75, 3.05) is 32.1 Å². The van der Waals surface area contributed by atoms with Gasteiger partial charge in [-0.3, -0.25) is 0 Å². The zero-order chi connectivity index (χ0) is 20.1. The van der Waals surface area contributed by atoms with Gasteiger partial charge in [0.2, 0.25) is 10.0 Å². The fourth-order valence-electron chi connectivity index (χ4n) is 3.56. The quantitative estimate of drug-likeness (QED) is 0.617. The highest BCUT2D eigenvalue weighted by atomic mass is 32.2. The summed E-state index contributed by atoms with van der Waals surface area (Å²) in [4.78, 5) is 5.41. The largest absolute Gasteiger partial charge is 0.389 e. The van der Waals surface area contributed by atoms with Crippen LogP contribution in [0, 0.1) is 0 Å². The van der Waals surface area contributed by atoms with E-state index in [2.05, 4.69) is 4.98 Å². The van der Waals surface area contributed by atoms with Crippen LogP contribution in [0.4, 0.5) is 5.69 Å². The van der Waals surface area contributed by atoms with E-state index in [0.717, 1.165) is 22.3 Å². The zero-order valence-electron chi connectivity index (χ0n) is 15.7. The molecule has 0 spiro atoms. The van der Waals surface area contributed by atoms with Gasteiger partial charge in [-0.1, -0.05) is 18.2 Å². The summed E-state index contributed by atoms with van der Waals surface area (Å²) in [5, 5.41) is 20.9. The highest BCUT2D eigenvalue weighted by Crippen LogP contribution is 2.36. The zero-order valence-corrected chi connectivity index (χ0v) is 16.5. The number of nitrogens with zero attached hydrogens (tertiary/aromatic N) is 2. The van der Waals surface area contributed by atoms with Crippen LogP contribution in [0.2, 0.25) is 0 Å². The van der Waals surface area contributed by atoms with Crippen LogP contribution in [0.25, 0.3) is 22.2 Å². The van der Waals surface area contributed by atoms with E-state index < -0.39 is 22.2 Å². The number of aliphatic hydroxyl groups excluding tert-OH is 2. The maximum Gasteiger partial charge on any atom is 0.242 e. The minimum absolute atomic E-state index is 0.190. The van der Waals surface area contributed by atoms with Crippen molar-refractivity contribution in [2.24, 2.45) is 0 Å². The molecule has 1 aliphatic heterocycles. The molecule has 7 nitrogen and oxygen atoms in total. The second-order valence-electron chi connectivity index (χ2n) is 7.28. The minimum atomic E-state index is -3.60. The molecule has 0 radical (unpaired) electrons. The maximum absolute atomic E-state index is 12.6. The molecule has 0 unspecified atom stereocenters. The Hall–Kier alpha value is -2.39. The predicted molar refractivity (Wildman–Crippen MR) is 109 cm³/mol. The monoisotopic (exact) mass is 401 g/mol. The molecule has 3 aromatic rings. The molecule has 0 amide bonds. The molecule has 148 valence electrons. The molecule has 3 N–H and O–H groups in total. The number of sulfonamides is 1. The maximum atomic E-state index is 12.6. The van der Waals surface area contributed by atoms with Crippen molar-refractivity contribution >= 4 is 26.6 Å². The molecule has 28 heavy (non-hydrogen) atoms. The molecule has 8 heteroatoms. The lowest BCUT2D eigenvalue weighted by atomic mass is 10.1. The fourth-order valence-corrected chi connectivity index (χ4v) is 4.49. The number of benzene rings is 2. The number of rotatable bonds is 4. The molecule has 2 heterocycles. The number of para-hydroxylation sites is 1. The molecular formula is C20H23N3O4S. The first-order valence-corrected chi connectivity index (χ1v) is 10.5. The van der Waals surface area contributed by atoms with Crippen LogP contribution in [-0.4, -0.2) is 67.3 Å². The van der Waals surface area contributed by atoms with Gasteiger partial charge < -0.3 is 20.1 Å². The lowest BCUT2D eigenvalue weighted by Gasteiger charge is -2.22. The lowest BCUT2D eigenvalue weighted by molar-refractivity contribution is 0.0572. The lowest BCUT2D eigenvalue weighted by Crippen LogP contribution is -2.24. The van der Waals surface area contributed by atoms with Crippen LogP contribution in [-0.2, 0) is 10.0 Å². The number of hydrogen-bond acceptors (Lipinski definition) is 5. The van der Waals surface area contributed by atoms with E-state index in [1.165, 1.54) is 18.4 Å². The van der Waals surface area contributed by atoms with Gasteiger partial charge in [-0.25, -0.2) is 12.7 Å². The summed E-state index contributed by atoms with van der Waals surface area (Å²) in [7, 11) is -0.599. The number of aromatic nitrogens is 1. The number of anilines is 1. The van der Waals surface area contributed by atoms with Crippen LogP contribution >= 0.6 is 0 Å². The van der Waals surface area contributed by atoms with Crippen molar-refractivity contribution in [3.05, 3.63) is 48.5 Å². The summed E-state index contributed by atoms with van der Waals surface area (Å²) in [5.74, 6) is 0. The third-order valence-corrected chi connectivity index (χ3v) is 6.98. The number of nitrogens with one attached hydrogen (secondary N) is 1. The number of aliphatic hydroxyl groups is 2. The Morgan fingerprint density at radius 3 is 2.36 bits per heavy atom. The van der Waals surface area contributed by atoms with Gasteiger partial charge in [-0.05, 0) is 30.3 Å². The number of aromatic amines is 1. The van der Waals surface area contributed by atoms with E-state index >= 15 is 0 Å². The van der Waals surface area contributed by atoms with Crippen molar-refractivity contribution in [3.63, 3.8) is 0 Å². The van der Waals surface area contributed by atoms with E-state index in [-0.39, 0.29) is 18.0 Å². The Morgan fingerprint density at radius 1 is 1.04 bits per heavy atom. The first-order chi connectivity index (χ1) is 13.3. The van der Waals surface area contributed by atoms with E-state index in [0.29, 0.717) is 5.56 Å². The molecule has 1 fully saturated rings. The molecule has 0 aliphatic carbocycles. The van der Waals surface area contributed by atoms with Gasteiger partial charge in [0, 0.05) is 55.0 Å². The third kappa shape index (κ3) is 3.18. The normalized spacial score (nSPS) is 20.4. The first-order valence-electron chi connectivity index (χ1n) is 9.03. The molecule has 4 rings (SSSR count). The Bertz CT molecular complexity index is 1080. The van der Waals surface area contributed by atoms with Gasteiger partial charge in [0.15, 0.2) is 0 Å². The summed E-state index contributed by atoms with van der Waals surface area (Å²) in [6, 6.07) is 14.7. The average Bonchev–Trinajstić information content (AvgIpc) is 3.24. The smallest absolute Gasteiger partial charge is 0.242 e. The van der Waals surface area contributed by atoms with Gasteiger partial charge >= 0.3 is 0 Å². The number of β-amino-alcohol motifs (C(OH)–C–C–N with tert-alkyl or cyclic N) is 2. The van der Waals surface area contributed by atoms with E-state index in [1.54, 1.807) is 18.2 Å². The standard InChI is InChI=1S/C20H23N3O4S/c1-22(2)28(26,27)14-7-8-18(23-11-19(24)20(25)12-23)15(10-14)17-9-13-5-3-4-6-16(13)21-17/h3-10,19-21,24-25H,11-12H2,1-2H3/t19-,20-/m1/s1. The molecule has 1 aliphatic rings. The van der Waals surface area contributed by atoms with Crippen LogP contribution in [0.1, 0.15) is 0 Å². The summed E-state index contributed by atoms with van der Waals surface area (Å²) in [6.45, 7) is 0.572. The summed E-state index contributed by atoms with van der Waals surface area (Å²) in [6.07, 6.45) is -1.67. The molecule has 1 aromatic heterocycles. The summed E-state index contributed by atoms with van der Waals surface area (Å²) < 4.78 is 26.5. The molecule has 1 saturated heterocycles. The molecule has 2 atom stereocenters. The van der Waals surface area contributed by atoms with E-state index in [9.17, 15) is 18.6 Å². The Morgan fingerprint density at radius 2 is 1.71 bits per heavy atom. The van der Waals surface area contributed by atoms with Crippen LogP contribution in [0.5, 0.6) is 0 Å². The topological polar surface area (TPSA) is 96.9 Å². The van der Waals surface area contributed by atoms with Crippen molar-refractivity contribution in [1.29, 1.82) is 0 Å². The second kappa shape index (κ2) is 6.89. The Labute approximate surface area is 163 Å². The predicted octanol–water partition coefficient (Wildman–Crippen LogP) is 1.63. The molecule has 0 bridgehead atoms. The van der Waals surface area contributed by atoms with Gasteiger partial charge in [-0.15, -0.1) is 0 Å². The van der Waals surface area contributed by atoms with Crippen molar-refractivity contribution in [1.82, 2.24) is 9.29 Å². The van der Waals surface area contributed by atoms with E-state index in [1.807, 2.05) is 35.2 Å². The molecular weight excluding hydrogens is 378 g/mol. The van der Waals surface area contributed by atoms with Crippen molar-refractivity contribution < 1.29 is 18.6 Å². The third-order valence-electron chi connectivity index (χ3n) is 5.17. The van der Waals surface area contributed by atoms with Crippen LogP contribution < -0.4 is 4.90 Å². The minimum Gasteiger partial charge on any atom is -0.389 e. The van der Waals surface area contributed by atoms with Crippen molar-refractivity contribution in [3.8, 4) is 11.3 Å². The van der Waals surface area contributed by atoms with Gasteiger partial charge in [0.05, 0.1) is 17.1 Å². The number of H-pyrrole nitrogens is 1. The molecule has 0 saturated carbocycles. The summed E-state index contributed by atoms with van der Waals surface area (Å²) in [5.41, 5.74) is 3.20.